The van der Waals surface area contributed by atoms with E-state index in [0.29, 0.717) is 4.47 Å². The van der Waals surface area contributed by atoms with Crippen LogP contribution in [-0.2, 0) is 0 Å². The summed E-state index contributed by atoms with van der Waals surface area (Å²) in [6, 6.07) is 4.85. The molecule has 4 heteroatoms. The van der Waals surface area contributed by atoms with Crippen molar-refractivity contribution < 1.29 is 5.11 Å². The predicted molar refractivity (Wildman–Crippen MR) is 56.4 cm³/mol. The number of phenols is 1. The molecule has 1 aromatic carbocycles. The molecule has 1 rings (SSSR count). The summed E-state index contributed by atoms with van der Waals surface area (Å²) in [6.07, 6.45) is 0. The summed E-state index contributed by atoms with van der Waals surface area (Å²) in [5, 5.41) is 9.25. The molecule has 0 aliphatic carbocycles. The standard InChI is InChI=1S/C9H13BrN2O/c1-5(11)9(12)6-2-3-8(13)7(10)4-6/h2-5,9,13H,11-12H2,1H3/t5-,9+/m0/s1. The highest BCUT2D eigenvalue weighted by Crippen LogP contribution is 2.26. The average Bonchev–Trinajstić information content (AvgIpc) is 2.08. The van der Waals surface area contributed by atoms with Crippen molar-refractivity contribution in [1.29, 1.82) is 0 Å². The molecule has 0 amide bonds. The van der Waals surface area contributed by atoms with Gasteiger partial charge in [-0.15, -0.1) is 0 Å². The van der Waals surface area contributed by atoms with Crippen LogP contribution in [0, 0.1) is 0 Å². The van der Waals surface area contributed by atoms with E-state index in [1.807, 2.05) is 6.92 Å². The Bertz CT molecular complexity index is 302. The molecule has 1 aromatic rings. The van der Waals surface area contributed by atoms with Gasteiger partial charge in [-0.3, -0.25) is 0 Å². The van der Waals surface area contributed by atoms with E-state index in [1.165, 1.54) is 0 Å². The minimum Gasteiger partial charge on any atom is -0.507 e. The Kier molecular flexibility index (Phi) is 3.30. The van der Waals surface area contributed by atoms with Gasteiger partial charge in [0.1, 0.15) is 5.75 Å². The first-order valence-electron chi connectivity index (χ1n) is 4.02. The van der Waals surface area contributed by atoms with Crippen LogP contribution in [0.2, 0.25) is 0 Å². The van der Waals surface area contributed by atoms with Gasteiger partial charge in [0.2, 0.25) is 0 Å². The van der Waals surface area contributed by atoms with Crippen molar-refractivity contribution in [2.45, 2.75) is 19.0 Å². The maximum Gasteiger partial charge on any atom is 0.129 e. The summed E-state index contributed by atoms with van der Waals surface area (Å²) in [7, 11) is 0. The van der Waals surface area contributed by atoms with Gasteiger partial charge >= 0.3 is 0 Å². The van der Waals surface area contributed by atoms with E-state index >= 15 is 0 Å². The second-order valence-electron chi connectivity index (χ2n) is 3.10. The lowest BCUT2D eigenvalue weighted by molar-refractivity contribution is 0.471. The summed E-state index contributed by atoms with van der Waals surface area (Å²) in [5.41, 5.74) is 12.4. The van der Waals surface area contributed by atoms with Gasteiger partial charge in [-0.05, 0) is 40.5 Å². The number of benzene rings is 1. The number of phenolic OH excluding ortho intramolecular Hbond substituents is 1. The largest absolute Gasteiger partial charge is 0.507 e. The Labute approximate surface area is 85.9 Å². The van der Waals surface area contributed by atoms with E-state index in [4.69, 9.17) is 11.5 Å². The van der Waals surface area contributed by atoms with Crippen molar-refractivity contribution in [3.8, 4) is 5.75 Å². The summed E-state index contributed by atoms with van der Waals surface area (Å²) in [5.74, 6) is 0.209. The first-order valence-corrected chi connectivity index (χ1v) is 4.81. The molecule has 0 aliphatic rings. The highest BCUT2D eigenvalue weighted by Gasteiger charge is 2.11. The molecule has 0 spiro atoms. The minimum absolute atomic E-state index is 0.101. The van der Waals surface area contributed by atoms with Gasteiger partial charge < -0.3 is 16.6 Å². The fourth-order valence-electron chi connectivity index (χ4n) is 1.03. The molecule has 0 radical (unpaired) electrons. The Morgan fingerprint density at radius 3 is 2.46 bits per heavy atom. The van der Waals surface area contributed by atoms with Crippen LogP contribution in [0.5, 0.6) is 5.75 Å². The number of rotatable bonds is 2. The van der Waals surface area contributed by atoms with E-state index in [9.17, 15) is 5.11 Å². The lowest BCUT2D eigenvalue weighted by Gasteiger charge is -2.16. The van der Waals surface area contributed by atoms with E-state index in [-0.39, 0.29) is 17.8 Å². The Morgan fingerprint density at radius 2 is 2.00 bits per heavy atom. The van der Waals surface area contributed by atoms with Crippen molar-refractivity contribution in [3.63, 3.8) is 0 Å². The topological polar surface area (TPSA) is 72.3 Å². The minimum atomic E-state index is -0.197. The van der Waals surface area contributed by atoms with Gasteiger partial charge in [0.25, 0.3) is 0 Å². The quantitative estimate of drug-likeness (QED) is 0.739. The van der Waals surface area contributed by atoms with Crippen molar-refractivity contribution in [3.05, 3.63) is 28.2 Å². The van der Waals surface area contributed by atoms with Gasteiger partial charge in [-0.25, -0.2) is 0 Å². The monoisotopic (exact) mass is 244 g/mol. The third-order valence-corrected chi connectivity index (χ3v) is 2.56. The first kappa shape index (κ1) is 10.5. The van der Waals surface area contributed by atoms with Gasteiger partial charge in [0.15, 0.2) is 0 Å². The Morgan fingerprint density at radius 1 is 1.38 bits per heavy atom. The number of hydrogen-bond donors (Lipinski definition) is 3. The van der Waals surface area contributed by atoms with Crippen LogP contribution in [0.1, 0.15) is 18.5 Å². The first-order chi connectivity index (χ1) is 6.02. The molecule has 72 valence electrons. The zero-order valence-electron chi connectivity index (χ0n) is 7.37. The molecule has 0 saturated heterocycles. The molecular formula is C9H13BrN2O. The van der Waals surface area contributed by atoms with E-state index in [2.05, 4.69) is 15.9 Å². The van der Waals surface area contributed by atoms with Crippen molar-refractivity contribution in [2.75, 3.05) is 0 Å². The SMILES string of the molecule is C[C@H](N)[C@@H](N)c1ccc(O)c(Br)c1. The van der Waals surface area contributed by atoms with Crippen LogP contribution in [0.4, 0.5) is 0 Å². The van der Waals surface area contributed by atoms with Crippen molar-refractivity contribution in [2.24, 2.45) is 11.5 Å². The van der Waals surface area contributed by atoms with E-state index in [0.717, 1.165) is 5.56 Å². The summed E-state index contributed by atoms with van der Waals surface area (Å²) in [6.45, 7) is 1.85. The fraction of sp³-hybridized carbons (Fsp3) is 0.333. The summed E-state index contributed by atoms with van der Waals surface area (Å²) < 4.78 is 0.640. The molecule has 5 N–H and O–H groups in total. The third-order valence-electron chi connectivity index (χ3n) is 1.92. The number of halogens is 1. The van der Waals surface area contributed by atoms with Gasteiger partial charge in [0.05, 0.1) is 4.47 Å². The maximum atomic E-state index is 9.25. The molecule has 0 aromatic heterocycles. The normalized spacial score (nSPS) is 15.4. The number of aromatic hydroxyl groups is 1. The third kappa shape index (κ3) is 2.43. The molecule has 13 heavy (non-hydrogen) atoms. The van der Waals surface area contributed by atoms with Gasteiger partial charge in [0, 0.05) is 12.1 Å². The molecule has 2 atom stereocenters. The van der Waals surface area contributed by atoms with Gasteiger partial charge in [-0.1, -0.05) is 6.07 Å². The van der Waals surface area contributed by atoms with Crippen LogP contribution < -0.4 is 11.5 Å². The average molecular weight is 245 g/mol. The van der Waals surface area contributed by atoms with Crippen LogP contribution >= 0.6 is 15.9 Å². The second kappa shape index (κ2) is 4.09. The summed E-state index contributed by atoms with van der Waals surface area (Å²) in [4.78, 5) is 0. The number of hydrogen-bond acceptors (Lipinski definition) is 3. The highest BCUT2D eigenvalue weighted by atomic mass is 79.9. The highest BCUT2D eigenvalue weighted by molar-refractivity contribution is 9.10. The second-order valence-corrected chi connectivity index (χ2v) is 3.95. The number of nitrogens with two attached hydrogens (primary N) is 2. The Balaban J connectivity index is 2.97. The molecule has 0 aliphatic heterocycles. The van der Waals surface area contributed by atoms with Gasteiger partial charge in [-0.2, -0.15) is 0 Å². The molecule has 0 heterocycles. The van der Waals surface area contributed by atoms with Crippen molar-refractivity contribution >= 4 is 15.9 Å². The fourth-order valence-corrected chi connectivity index (χ4v) is 1.43. The molecule has 0 saturated carbocycles. The zero-order chi connectivity index (χ0) is 10.0. The van der Waals surface area contributed by atoms with Crippen LogP contribution in [0.15, 0.2) is 22.7 Å². The lowest BCUT2D eigenvalue weighted by Crippen LogP contribution is -2.30. The zero-order valence-corrected chi connectivity index (χ0v) is 8.95. The Hall–Kier alpha value is -0.580. The molecule has 0 bridgehead atoms. The maximum absolute atomic E-state index is 9.25. The molecule has 3 nitrogen and oxygen atoms in total. The van der Waals surface area contributed by atoms with E-state index < -0.39 is 0 Å². The molecular weight excluding hydrogens is 232 g/mol. The lowest BCUT2D eigenvalue weighted by atomic mass is 10.0. The summed E-state index contributed by atoms with van der Waals surface area (Å²) >= 11 is 3.22. The predicted octanol–water partition coefficient (Wildman–Crippen LogP) is 1.50. The molecule has 0 unspecified atom stereocenters. The smallest absolute Gasteiger partial charge is 0.129 e. The van der Waals surface area contributed by atoms with E-state index in [1.54, 1.807) is 18.2 Å². The molecule has 0 fully saturated rings. The van der Waals surface area contributed by atoms with Crippen molar-refractivity contribution in [1.82, 2.24) is 0 Å². The van der Waals surface area contributed by atoms with Crippen LogP contribution in [0.3, 0.4) is 0 Å². The van der Waals surface area contributed by atoms with Crippen LogP contribution in [0.25, 0.3) is 0 Å². The van der Waals surface area contributed by atoms with Crippen LogP contribution in [-0.4, -0.2) is 11.1 Å².